The van der Waals surface area contributed by atoms with Crippen LogP contribution in [-0.2, 0) is 11.3 Å². The maximum atomic E-state index is 11.9. The molecule has 0 spiro atoms. The molecule has 4 heteroatoms. The Labute approximate surface area is 99.6 Å². The summed E-state index contributed by atoms with van der Waals surface area (Å²) >= 11 is 0. The summed E-state index contributed by atoms with van der Waals surface area (Å²) < 4.78 is 0. The van der Waals surface area contributed by atoms with Crippen LogP contribution >= 0.6 is 0 Å². The lowest BCUT2D eigenvalue weighted by atomic mass is 10.2. The summed E-state index contributed by atoms with van der Waals surface area (Å²) in [4.78, 5) is 24.6. The van der Waals surface area contributed by atoms with Gasteiger partial charge in [-0.2, -0.15) is 0 Å². The van der Waals surface area contributed by atoms with Crippen LogP contribution < -0.4 is 5.32 Å². The molecular weight excluding hydrogens is 216 g/mol. The number of hydrogen-bond donors (Lipinski definition) is 1. The van der Waals surface area contributed by atoms with Crippen LogP contribution in [0.25, 0.3) is 0 Å². The molecule has 1 fully saturated rings. The number of carbonyl (C=O) groups excluding carboxylic acids is 2. The van der Waals surface area contributed by atoms with Crippen molar-refractivity contribution in [3.8, 4) is 12.3 Å². The second-order valence-corrected chi connectivity index (χ2v) is 3.82. The lowest BCUT2D eigenvalue weighted by Crippen LogP contribution is -2.30. The van der Waals surface area contributed by atoms with E-state index in [1.54, 1.807) is 0 Å². The standard InChI is InChI=1S/C13H12N2O2/c1-2-6-11-12(16)15(13(17)14-11)9-10-7-4-3-5-8-10/h1,3-5,7-8,11H,6,9H2,(H,14,17). The van der Waals surface area contributed by atoms with Gasteiger partial charge in [0, 0.05) is 6.42 Å². The number of rotatable bonds is 3. The second-order valence-electron chi connectivity index (χ2n) is 3.82. The minimum absolute atomic E-state index is 0.232. The van der Waals surface area contributed by atoms with Crippen molar-refractivity contribution in [2.45, 2.75) is 19.0 Å². The molecule has 0 radical (unpaired) electrons. The number of carbonyl (C=O) groups is 2. The summed E-state index contributed by atoms with van der Waals surface area (Å²) in [6.45, 7) is 0.284. The molecule has 1 heterocycles. The minimum atomic E-state index is -0.573. The van der Waals surface area contributed by atoms with Crippen molar-refractivity contribution in [2.24, 2.45) is 0 Å². The molecule has 3 amide bonds. The molecule has 4 nitrogen and oxygen atoms in total. The molecule has 2 rings (SSSR count). The molecule has 1 aromatic rings. The van der Waals surface area contributed by atoms with E-state index in [1.165, 1.54) is 4.90 Å². The summed E-state index contributed by atoms with van der Waals surface area (Å²) in [6.07, 6.45) is 5.37. The first-order valence-corrected chi connectivity index (χ1v) is 5.31. The quantitative estimate of drug-likeness (QED) is 0.622. The van der Waals surface area contributed by atoms with Gasteiger partial charge < -0.3 is 5.32 Å². The van der Waals surface area contributed by atoms with Gasteiger partial charge >= 0.3 is 6.03 Å². The summed E-state index contributed by atoms with van der Waals surface area (Å²) in [5.74, 6) is 2.13. The first-order valence-electron chi connectivity index (χ1n) is 5.31. The van der Waals surface area contributed by atoms with Gasteiger partial charge in [0.2, 0.25) is 0 Å². The molecule has 0 aliphatic carbocycles. The summed E-state index contributed by atoms with van der Waals surface area (Å²) in [5, 5.41) is 2.57. The zero-order valence-electron chi connectivity index (χ0n) is 9.22. The Kier molecular flexibility index (Phi) is 3.10. The van der Waals surface area contributed by atoms with Gasteiger partial charge in [-0.3, -0.25) is 9.69 Å². The third-order valence-corrected chi connectivity index (χ3v) is 2.61. The number of nitrogens with zero attached hydrogens (tertiary/aromatic N) is 1. The highest BCUT2D eigenvalue weighted by molar-refractivity contribution is 6.04. The number of urea groups is 1. The molecule has 17 heavy (non-hydrogen) atoms. The van der Waals surface area contributed by atoms with Crippen LogP contribution in [0.2, 0.25) is 0 Å². The number of nitrogens with one attached hydrogen (secondary N) is 1. The number of imide groups is 1. The highest BCUT2D eigenvalue weighted by atomic mass is 16.2. The average Bonchev–Trinajstić information content (AvgIpc) is 2.59. The molecule has 86 valence electrons. The summed E-state index contributed by atoms with van der Waals surface area (Å²) in [6, 6.07) is 8.41. The molecule has 0 bridgehead atoms. The van der Waals surface area contributed by atoms with Crippen LogP contribution in [0.5, 0.6) is 0 Å². The molecule has 1 aromatic carbocycles. The van der Waals surface area contributed by atoms with Crippen LogP contribution in [0.3, 0.4) is 0 Å². The highest BCUT2D eigenvalue weighted by Gasteiger charge is 2.37. The van der Waals surface area contributed by atoms with Gasteiger partial charge in [0.05, 0.1) is 6.54 Å². The lowest BCUT2D eigenvalue weighted by molar-refractivity contribution is -0.127. The van der Waals surface area contributed by atoms with Crippen molar-refractivity contribution in [3.63, 3.8) is 0 Å². The second kappa shape index (κ2) is 4.71. The van der Waals surface area contributed by atoms with Crippen molar-refractivity contribution < 1.29 is 9.59 Å². The fraction of sp³-hybridized carbons (Fsp3) is 0.231. The molecule has 1 unspecified atom stereocenters. The Balaban J connectivity index is 2.10. The number of amides is 3. The van der Waals surface area contributed by atoms with Gasteiger partial charge in [-0.15, -0.1) is 12.3 Å². The zero-order valence-corrected chi connectivity index (χ0v) is 9.22. The van der Waals surface area contributed by atoms with Crippen LogP contribution in [0.1, 0.15) is 12.0 Å². The Morgan fingerprint density at radius 1 is 1.29 bits per heavy atom. The fourth-order valence-corrected chi connectivity index (χ4v) is 1.75. The Morgan fingerprint density at radius 3 is 2.65 bits per heavy atom. The number of hydrogen-bond acceptors (Lipinski definition) is 2. The predicted octanol–water partition coefficient (Wildman–Crippen LogP) is 1.13. The van der Waals surface area contributed by atoms with Crippen molar-refractivity contribution >= 4 is 11.9 Å². The normalized spacial score (nSPS) is 19.0. The molecule has 1 aliphatic rings. The van der Waals surface area contributed by atoms with Gasteiger partial charge in [0.25, 0.3) is 5.91 Å². The van der Waals surface area contributed by atoms with Gasteiger partial charge in [0.1, 0.15) is 6.04 Å². The minimum Gasteiger partial charge on any atom is -0.325 e. The SMILES string of the molecule is C#CCC1NC(=O)N(Cc2ccccc2)C1=O. The maximum Gasteiger partial charge on any atom is 0.325 e. The molecule has 1 atom stereocenters. The largest absolute Gasteiger partial charge is 0.325 e. The van der Waals surface area contributed by atoms with E-state index in [2.05, 4.69) is 11.2 Å². The van der Waals surface area contributed by atoms with E-state index in [0.717, 1.165) is 5.56 Å². The van der Waals surface area contributed by atoms with Gasteiger partial charge in [0.15, 0.2) is 0 Å². The smallest absolute Gasteiger partial charge is 0.325 e. The summed E-state index contributed by atoms with van der Waals surface area (Å²) in [5.41, 5.74) is 0.914. The molecule has 0 aromatic heterocycles. The van der Waals surface area contributed by atoms with Crippen LogP contribution in [0, 0.1) is 12.3 Å². The fourth-order valence-electron chi connectivity index (χ4n) is 1.75. The molecule has 1 aliphatic heterocycles. The Morgan fingerprint density at radius 2 is 2.00 bits per heavy atom. The predicted molar refractivity (Wildman–Crippen MR) is 62.8 cm³/mol. The molecular formula is C13H12N2O2. The van der Waals surface area contributed by atoms with E-state index in [1.807, 2.05) is 30.3 Å². The van der Waals surface area contributed by atoms with Gasteiger partial charge in [-0.05, 0) is 5.56 Å². The van der Waals surface area contributed by atoms with E-state index in [9.17, 15) is 9.59 Å². The van der Waals surface area contributed by atoms with Gasteiger partial charge in [-0.25, -0.2) is 4.79 Å². The van der Waals surface area contributed by atoms with E-state index in [4.69, 9.17) is 6.42 Å². The maximum absolute atomic E-state index is 11.9. The van der Waals surface area contributed by atoms with E-state index >= 15 is 0 Å². The van der Waals surface area contributed by atoms with E-state index in [-0.39, 0.29) is 24.9 Å². The molecule has 0 saturated carbocycles. The Hall–Kier alpha value is -2.28. The average molecular weight is 228 g/mol. The third kappa shape index (κ3) is 2.28. The van der Waals surface area contributed by atoms with Crippen molar-refractivity contribution in [2.75, 3.05) is 0 Å². The van der Waals surface area contributed by atoms with E-state index in [0.29, 0.717) is 0 Å². The van der Waals surface area contributed by atoms with Gasteiger partial charge in [-0.1, -0.05) is 30.3 Å². The first kappa shape index (κ1) is 11.2. The zero-order chi connectivity index (χ0) is 12.3. The monoisotopic (exact) mass is 228 g/mol. The molecule has 1 N–H and O–H groups in total. The van der Waals surface area contributed by atoms with Crippen LogP contribution in [-0.4, -0.2) is 22.9 Å². The first-order chi connectivity index (χ1) is 8.22. The highest BCUT2D eigenvalue weighted by Crippen LogP contribution is 2.13. The number of terminal acetylenes is 1. The van der Waals surface area contributed by atoms with Crippen molar-refractivity contribution in [3.05, 3.63) is 35.9 Å². The van der Waals surface area contributed by atoms with Crippen molar-refractivity contribution in [1.82, 2.24) is 10.2 Å². The van der Waals surface area contributed by atoms with Crippen LogP contribution in [0.4, 0.5) is 4.79 Å². The van der Waals surface area contributed by atoms with Crippen molar-refractivity contribution in [1.29, 1.82) is 0 Å². The molecule has 1 saturated heterocycles. The van der Waals surface area contributed by atoms with E-state index < -0.39 is 6.04 Å². The van der Waals surface area contributed by atoms with Crippen LogP contribution in [0.15, 0.2) is 30.3 Å². The Bertz CT molecular complexity index is 476. The third-order valence-electron chi connectivity index (χ3n) is 2.61. The lowest BCUT2D eigenvalue weighted by Gasteiger charge is -2.12. The topological polar surface area (TPSA) is 49.4 Å². The number of benzene rings is 1. The summed E-state index contributed by atoms with van der Waals surface area (Å²) in [7, 11) is 0.